The van der Waals surface area contributed by atoms with Gasteiger partial charge >= 0.3 is 0 Å². The van der Waals surface area contributed by atoms with Crippen LogP contribution in [0.2, 0.25) is 0 Å². The van der Waals surface area contributed by atoms with Gasteiger partial charge in [0.1, 0.15) is 0 Å². The van der Waals surface area contributed by atoms with Crippen LogP contribution in [-0.4, -0.2) is 16.5 Å². The van der Waals surface area contributed by atoms with E-state index in [4.69, 9.17) is 9.79 Å². The molecule has 0 rings (SSSR count). The molecule has 8 heavy (non-hydrogen) atoms. The molecule has 0 saturated carbocycles. The van der Waals surface area contributed by atoms with Gasteiger partial charge in [0.25, 0.3) is 0 Å². The van der Waals surface area contributed by atoms with E-state index in [0.29, 0.717) is 0 Å². The molecule has 2 atom stereocenters. The van der Waals surface area contributed by atoms with Crippen LogP contribution < -0.4 is 0 Å². The summed E-state index contributed by atoms with van der Waals surface area (Å²) in [7, 11) is -2.21. The quantitative estimate of drug-likeness (QED) is 0.621. The molecule has 0 bridgehead atoms. The van der Waals surface area contributed by atoms with Gasteiger partial charge in [-0.05, 0) is 23.6 Å². The van der Waals surface area contributed by atoms with Crippen LogP contribution >= 0.6 is 13.6 Å². The first kappa shape index (κ1) is 9.18. The third-order valence-corrected chi connectivity index (χ3v) is 3.57. The highest BCUT2D eigenvalue weighted by Gasteiger charge is 2.03. The monoisotopic (exact) mass is 192 g/mol. The van der Waals surface area contributed by atoms with Crippen LogP contribution in [0.25, 0.3) is 0 Å². The Morgan fingerprint density at radius 3 is 2.12 bits per heavy atom. The Balaban J connectivity index is 3.74. The zero-order chi connectivity index (χ0) is 6.78. The smallest absolute Gasteiger partial charge is 0.188 e. The lowest BCUT2D eigenvalue weighted by Gasteiger charge is -2.06. The van der Waals surface area contributed by atoms with E-state index in [9.17, 15) is 0 Å². The average Bonchev–Trinajstić information content (AvgIpc) is 1.21. The van der Waals surface area contributed by atoms with E-state index in [1.54, 1.807) is 0 Å². The fourth-order valence-electron chi connectivity index (χ4n) is 0.145. The van der Waals surface area contributed by atoms with Gasteiger partial charge in [-0.15, -0.1) is 0 Å². The molecular formula is CH6O3P2S2. The molecule has 7 heteroatoms. The second-order valence-corrected chi connectivity index (χ2v) is 7.11. The molecule has 0 aromatic carbocycles. The van der Waals surface area contributed by atoms with Crippen LogP contribution in [0, 0.1) is 0 Å². The van der Waals surface area contributed by atoms with Gasteiger partial charge in [0.2, 0.25) is 0 Å². The minimum atomic E-state index is -2.70. The van der Waals surface area contributed by atoms with E-state index >= 15 is 0 Å². The Morgan fingerprint density at radius 1 is 1.75 bits per heavy atom. The van der Waals surface area contributed by atoms with E-state index in [0.717, 1.165) is 0 Å². The molecular weight excluding hydrogens is 186 g/mol. The highest BCUT2D eigenvalue weighted by molar-refractivity contribution is 8.12. The van der Waals surface area contributed by atoms with Crippen molar-refractivity contribution in [2.75, 3.05) is 6.66 Å². The Hall–Kier alpha value is 1.18. The Bertz CT molecular complexity index is 138. The number of hydrogen-bond acceptors (Lipinski definition) is 3. The number of rotatable bonds is 2. The fourth-order valence-corrected chi connectivity index (χ4v) is 3.67. The molecule has 0 radical (unpaired) electrons. The summed E-state index contributed by atoms with van der Waals surface area (Å²) >= 11 is 8.67. The molecule has 0 heterocycles. The maximum atomic E-state index is 8.69. The molecule has 0 aromatic rings. The molecule has 0 spiro atoms. The maximum absolute atomic E-state index is 8.69. The summed E-state index contributed by atoms with van der Waals surface area (Å²) in [5.41, 5.74) is 0. The summed E-state index contributed by atoms with van der Waals surface area (Å²) < 4.78 is 4.39. The van der Waals surface area contributed by atoms with Crippen molar-refractivity contribution in [1.82, 2.24) is 0 Å². The van der Waals surface area contributed by atoms with E-state index in [1.165, 1.54) is 6.66 Å². The van der Waals surface area contributed by atoms with Crippen molar-refractivity contribution in [3.63, 3.8) is 0 Å². The van der Waals surface area contributed by atoms with Gasteiger partial charge in [0.15, 0.2) is 13.6 Å². The van der Waals surface area contributed by atoms with Crippen molar-refractivity contribution in [2.45, 2.75) is 0 Å². The third-order valence-electron chi connectivity index (χ3n) is 0.247. The first-order valence-electron chi connectivity index (χ1n) is 1.64. The Morgan fingerprint density at radius 2 is 2.12 bits per heavy atom. The van der Waals surface area contributed by atoms with Gasteiger partial charge in [0.05, 0.1) is 0 Å². The summed E-state index contributed by atoms with van der Waals surface area (Å²) in [4.78, 5) is 17.1. The molecule has 0 saturated heterocycles. The Labute approximate surface area is 58.4 Å². The first-order valence-corrected chi connectivity index (χ1v) is 7.25. The summed E-state index contributed by atoms with van der Waals surface area (Å²) in [6.07, 6.45) is 0. The van der Waals surface area contributed by atoms with Crippen molar-refractivity contribution in [3.05, 3.63) is 0 Å². The van der Waals surface area contributed by atoms with Crippen LogP contribution in [0.1, 0.15) is 0 Å². The minimum Gasteiger partial charge on any atom is -0.347 e. The van der Waals surface area contributed by atoms with Crippen LogP contribution in [0.15, 0.2) is 0 Å². The lowest BCUT2D eigenvalue weighted by molar-refractivity contribution is 0.476. The molecule has 3 nitrogen and oxygen atoms in total. The van der Waals surface area contributed by atoms with Crippen LogP contribution in [0.4, 0.5) is 0 Å². The largest absolute Gasteiger partial charge is 0.347 e. The normalized spacial score (nSPS) is 21.9. The Kier molecular flexibility index (Phi) is 3.87. The topological polar surface area (TPSA) is 49.7 Å². The van der Waals surface area contributed by atoms with Gasteiger partial charge in [-0.25, -0.2) is 0 Å². The second kappa shape index (κ2) is 3.37. The predicted molar refractivity (Wildman–Crippen MR) is 41.4 cm³/mol. The SMILES string of the molecule is CP(O)(=S)O[PH](O)=S. The van der Waals surface area contributed by atoms with E-state index in [2.05, 4.69) is 27.9 Å². The maximum Gasteiger partial charge on any atom is 0.188 e. The summed E-state index contributed by atoms with van der Waals surface area (Å²) in [5, 5.41) is 0. The highest BCUT2D eigenvalue weighted by atomic mass is 32.5. The zero-order valence-electron chi connectivity index (χ0n) is 4.07. The van der Waals surface area contributed by atoms with Gasteiger partial charge < -0.3 is 9.79 Å². The third kappa shape index (κ3) is 7.18. The molecule has 0 aromatic heterocycles. The molecule has 0 aliphatic heterocycles. The van der Waals surface area contributed by atoms with Crippen molar-refractivity contribution < 1.29 is 14.1 Å². The van der Waals surface area contributed by atoms with Gasteiger partial charge in [-0.2, -0.15) is 0 Å². The van der Waals surface area contributed by atoms with Crippen molar-refractivity contribution in [1.29, 1.82) is 0 Å². The molecule has 0 amide bonds. The molecule has 2 N–H and O–H groups in total. The average molecular weight is 192 g/mol. The lowest BCUT2D eigenvalue weighted by atomic mass is 12.0. The second-order valence-electron chi connectivity index (χ2n) is 1.16. The zero-order valence-corrected chi connectivity index (χ0v) is 7.59. The summed E-state index contributed by atoms with van der Waals surface area (Å²) in [5.74, 6) is 0. The molecule has 2 unspecified atom stereocenters. The van der Waals surface area contributed by atoms with Crippen molar-refractivity contribution in [3.8, 4) is 0 Å². The standard InChI is InChI=1S/CH6O3P2S2/c1-6(3,8)4-5(2)7/h5H,1H3,(H,2,7)(H,3,8). The highest BCUT2D eigenvalue weighted by Crippen LogP contribution is 2.46. The lowest BCUT2D eigenvalue weighted by Crippen LogP contribution is -1.73. The van der Waals surface area contributed by atoms with Crippen molar-refractivity contribution >= 4 is 37.3 Å². The summed E-state index contributed by atoms with van der Waals surface area (Å²) in [6, 6.07) is 0. The molecule has 0 aliphatic carbocycles. The van der Waals surface area contributed by atoms with Crippen LogP contribution in [0.3, 0.4) is 0 Å². The van der Waals surface area contributed by atoms with Gasteiger partial charge in [0, 0.05) is 6.66 Å². The molecule has 0 fully saturated rings. The van der Waals surface area contributed by atoms with E-state index < -0.39 is 13.6 Å². The van der Waals surface area contributed by atoms with Crippen LogP contribution in [-0.2, 0) is 27.9 Å². The first-order chi connectivity index (χ1) is 3.42. The number of hydrogen-bond donors (Lipinski definition) is 2. The molecule has 0 aliphatic rings. The van der Waals surface area contributed by atoms with Gasteiger partial charge in [-0.1, -0.05) is 0 Å². The van der Waals surface area contributed by atoms with E-state index in [1.807, 2.05) is 0 Å². The molecule has 50 valence electrons. The minimum absolute atomic E-state index is 1.34. The van der Waals surface area contributed by atoms with Crippen molar-refractivity contribution in [2.24, 2.45) is 0 Å². The van der Waals surface area contributed by atoms with Gasteiger partial charge in [-0.3, -0.25) is 4.31 Å². The van der Waals surface area contributed by atoms with Crippen LogP contribution in [0.5, 0.6) is 0 Å². The summed E-state index contributed by atoms with van der Waals surface area (Å²) in [6.45, 7) is -1.35. The predicted octanol–water partition coefficient (Wildman–Crippen LogP) is 0.433. The fraction of sp³-hybridized carbons (Fsp3) is 1.00. The van der Waals surface area contributed by atoms with E-state index in [-0.39, 0.29) is 0 Å².